The lowest BCUT2D eigenvalue weighted by atomic mass is 10.2. The average Bonchev–Trinajstić information content (AvgIpc) is 2.66. The molecule has 0 aliphatic rings. The van der Waals surface area contributed by atoms with Crippen LogP contribution in [0.2, 0.25) is 0 Å². The third kappa shape index (κ3) is 2.01. The zero-order chi connectivity index (χ0) is 13.6. The van der Waals surface area contributed by atoms with Crippen LogP contribution in [0.1, 0.15) is 0 Å². The standard InChI is InChI=1S/C13H7BrF2N2S/c14-7-5-12-10(6-9(7)16)17-13(19)18(12)11-4-2-1-3-8(11)15/h1-6H,(H,17,19). The maximum absolute atomic E-state index is 13.9. The fourth-order valence-electron chi connectivity index (χ4n) is 1.97. The molecular weight excluding hydrogens is 334 g/mol. The van der Waals surface area contributed by atoms with Crippen LogP contribution in [0.25, 0.3) is 16.7 Å². The number of rotatable bonds is 1. The molecule has 0 saturated heterocycles. The van der Waals surface area contributed by atoms with Gasteiger partial charge in [0.1, 0.15) is 11.6 Å². The van der Waals surface area contributed by atoms with Gasteiger partial charge in [-0.05, 0) is 46.3 Å². The molecule has 3 rings (SSSR count). The van der Waals surface area contributed by atoms with Crippen LogP contribution in [0.3, 0.4) is 0 Å². The van der Waals surface area contributed by atoms with E-state index in [4.69, 9.17) is 12.2 Å². The number of H-pyrrole nitrogens is 1. The predicted octanol–water partition coefficient (Wildman–Crippen LogP) is 4.73. The minimum Gasteiger partial charge on any atom is -0.330 e. The Labute approximate surface area is 120 Å². The van der Waals surface area contributed by atoms with Crippen LogP contribution in [0.15, 0.2) is 40.9 Å². The SMILES string of the molecule is Fc1cc2[nH]c(=S)n(-c3ccccc3F)c2cc1Br. The number of hydrogen-bond donors (Lipinski definition) is 1. The lowest BCUT2D eigenvalue weighted by Crippen LogP contribution is -1.97. The number of para-hydroxylation sites is 1. The highest BCUT2D eigenvalue weighted by Crippen LogP contribution is 2.26. The lowest BCUT2D eigenvalue weighted by molar-refractivity contribution is 0.618. The van der Waals surface area contributed by atoms with Gasteiger partial charge >= 0.3 is 0 Å². The molecule has 1 aromatic heterocycles. The van der Waals surface area contributed by atoms with Crippen molar-refractivity contribution < 1.29 is 8.78 Å². The Morgan fingerprint density at radius 1 is 1.11 bits per heavy atom. The average molecular weight is 341 g/mol. The Morgan fingerprint density at radius 2 is 1.84 bits per heavy atom. The first-order chi connectivity index (χ1) is 9.08. The summed E-state index contributed by atoms with van der Waals surface area (Å²) in [7, 11) is 0. The molecular formula is C13H7BrF2N2S. The van der Waals surface area contributed by atoms with Crippen molar-refractivity contribution in [3.05, 3.63) is 57.3 Å². The number of aromatic amines is 1. The van der Waals surface area contributed by atoms with E-state index in [1.165, 1.54) is 12.1 Å². The van der Waals surface area contributed by atoms with Crippen LogP contribution in [0.4, 0.5) is 8.78 Å². The Morgan fingerprint density at radius 3 is 2.58 bits per heavy atom. The molecule has 0 amide bonds. The van der Waals surface area contributed by atoms with Crippen molar-refractivity contribution in [2.45, 2.75) is 0 Å². The van der Waals surface area contributed by atoms with E-state index >= 15 is 0 Å². The third-order valence-electron chi connectivity index (χ3n) is 2.82. The molecule has 0 spiro atoms. The van der Waals surface area contributed by atoms with Gasteiger partial charge in [0.15, 0.2) is 4.77 Å². The van der Waals surface area contributed by atoms with Crippen molar-refractivity contribution in [2.75, 3.05) is 0 Å². The number of fused-ring (bicyclic) bond motifs is 1. The van der Waals surface area contributed by atoms with Crippen molar-refractivity contribution in [2.24, 2.45) is 0 Å². The van der Waals surface area contributed by atoms with Crippen molar-refractivity contribution in [3.63, 3.8) is 0 Å². The van der Waals surface area contributed by atoms with Crippen LogP contribution in [-0.2, 0) is 0 Å². The van der Waals surface area contributed by atoms with Gasteiger partial charge in [0.25, 0.3) is 0 Å². The summed E-state index contributed by atoms with van der Waals surface area (Å²) in [5, 5.41) is 0. The molecule has 2 aromatic carbocycles. The second-order valence-corrected chi connectivity index (χ2v) is 5.24. The molecule has 0 aliphatic heterocycles. The third-order valence-corrected chi connectivity index (χ3v) is 3.71. The first-order valence-corrected chi connectivity index (χ1v) is 6.63. The monoisotopic (exact) mass is 340 g/mol. The summed E-state index contributed by atoms with van der Waals surface area (Å²) in [5.74, 6) is -0.788. The molecule has 96 valence electrons. The van der Waals surface area contributed by atoms with Crippen molar-refractivity contribution in [3.8, 4) is 5.69 Å². The van der Waals surface area contributed by atoms with E-state index in [9.17, 15) is 8.78 Å². The van der Waals surface area contributed by atoms with E-state index in [2.05, 4.69) is 20.9 Å². The van der Waals surface area contributed by atoms with Gasteiger partial charge in [-0.15, -0.1) is 0 Å². The van der Waals surface area contributed by atoms with Gasteiger partial charge in [0, 0.05) is 6.07 Å². The number of imidazole rings is 1. The van der Waals surface area contributed by atoms with Crippen molar-refractivity contribution >= 4 is 39.2 Å². The summed E-state index contributed by atoms with van der Waals surface area (Å²) in [6.45, 7) is 0. The Hall–Kier alpha value is -1.53. The summed E-state index contributed by atoms with van der Waals surface area (Å²) in [6.07, 6.45) is 0. The second kappa shape index (κ2) is 4.54. The molecule has 0 fully saturated rings. The van der Waals surface area contributed by atoms with Crippen molar-refractivity contribution in [1.29, 1.82) is 0 Å². The van der Waals surface area contributed by atoms with Crippen LogP contribution < -0.4 is 0 Å². The second-order valence-electron chi connectivity index (χ2n) is 4.00. The normalized spacial score (nSPS) is 11.1. The van der Waals surface area contributed by atoms with Crippen LogP contribution in [-0.4, -0.2) is 9.55 Å². The van der Waals surface area contributed by atoms with Gasteiger partial charge in [-0.3, -0.25) is 4.57 Å². The van der Waals surface area contributed by atoms with Gasteiger partial charge in [-0.25, -0.2) is 8.78 Å². The first kappa shape index (κ1) is 12.5. The van der Waals surface area contributed by atoms with Crippen LogP contribution in [0, 0.1) is 16.4 Å². The molecule has 6 heteroatoms. The van der Waals surface area contributed by atoms with Gasteiger partial charge in [-0.2, -0.15) is 0 Å². The van der Waals surface area contributed by atoms with E-state index in [0.717, 1.165) is 0 Å². The van der Waals surface area contributed by atoms with E-state index < -0.39 is 5.82 Å². The highest BCUT2D eigenvalue weighted by Gasteiger charge is 2.12. The molecule has 1 heterocycles. The predicted molar refractivity (Wildman–Crippen MR) is 76.1 cm³/mol. The number of nitrogens with one attached hydrogen (secondary N) is 1. The molecule has 3 aromatic rings. The maximum atomic E-state index is 13.9. The van der Waals surface area contributed by atoms with E-state index in [1.807, 2.05) is 0 Å². The number of hydrogen-bond acceptors (Lipinski definition) is 1. The molecule has 1 N–H and O–H groups in total. The van der Waals surface area contributed by atoms with Gasteiger partial charge in [0.2, 0.25) is 0 Å². The molecule has 0 saturated carbocycles. The summed E-state index contributed by atoms with van der Waals surface area (Å²) in [6, 6.07) is 9.20. The molecule has 2 nitrogen and oxygen atoms in total. The quantitative estimate of drug-likeness (QED) is 0.635. The van der Waals surface area contributed by atoms with E-state index in [-0.39, 0.29) is 5.82 Å². The minimum atomic E-state index is -0.399. The fourth-order valence-corrected chi connectivity index (χ4v) is 2.61. The Kier molecular flexibility index (Phi) is 2.99. The molecule has 0 aliphatic carbocycles. The number of nitrogens with zero attached hydrogens (tertiary/aromatic N) is 1. The van der Waals surface area contributed by atoms with E-state index in [0.29, 0.717) is 26.0 Å². The van der Waals surface area contributed by atoms with Crippen molar-refractivity contribution in [1.82, 2.24) is 9.55 Å². The topological polar surface area (TPSA) is 20.7 Å². The Bertz CT molecular complexity index is 838. The maximum Gasteiger partial charge on any atom is 0.182 e. The van der Waals surface area contributed by atoms with Crippen LogP contribution >= 0.6 is 28.1 Å². The molecule has 0 atom stereocenters. The summed E-state index contributed by atoms with van der Waals surface area (Å²) >= 11 is 8.30. The highest BCUT2D eigenvalue weighted by molar-refractivity contribution is 9.10. The number of aromatic nitrogens is 2. The largest absolute Gasteiger partial charge is 0.330 e. The summed E-state index contributed by atoms with van der Waals surface area (Å²) in [5.41, 5.74) is 1.47. The fraction of sp³-hybridized carbons (Fsp3) is 0. The zero-order valence-corrected chi connectivity index (χ0v) is 11.9. The number of halogens is 3. The van der Waals surface area contributed by atoms with E-state index in [1.54, 1.807) is 28.8 Å². The number of benzene rings is 2. The first-order valence-electron chi connectivity index (χ1n) is 5.42. The minimum absolute atomic E-state index is 0.305. The smallest absolute Gasteiger partial charge is 0.182 e. The highest BCUT2D eigenvalue weighted by atomic mass is 79.9. The zero-order valence-electron chi connectivity index (χ0n) is 9.45. The van der Waals surface area contributed by atoms with Gasteiger partial charge in [0.05, 0.1) is 21.2 Å². The summed E-state index contributed by atoms with van der Waals surface area (Å²) < 4.78 is 29.5. The molecule has 19 heavy (non-hydrogen) atoms. The van der Waals surface area contributed by atoms with Gasteiger partial charge < -0.3 is 4.98 Å². The van der Waals surface area contributed by atoms with Gasteiger partial charge in [-0.1, -0.05) is 12.1 Å². The lowest BCUT2D eigenvalue weighted by Gasteiger charge is -2.06. The molecule has 0 unspecified atom stereocenters. The van der Waals surface area contributed by atoms with Crippen LogP contribution in [0.5, 0.6) is 0 Å². The molecule has 0 bridgehead atoms. The molecule has 0 radical (unpaired) electrons. The summed E-state index contributed by atoms with van der Waals surface area (Å²) in [4.78, 5) is 2.87. The Balaban J connectivity index is 2.42.